The minimum absolute atomic E-state index is 0.0259. The highest BCUT2D eigenvalue weighted by Crippen LogP contribution is 2.24. The predicted octanol–water partition coefficient (Wildman–Crippen LogP) is 3.70. The van der Waals surface area contributed by atoms with Crippen molar-refractivity contribution in [2.24, 2.45) is 0 Å². The van der Waals surface area contributed by atoms with Crippen molar-refractivity contribution in [3.05, 3.63) is 71.3 Å². The Hall–Kier alpha value is -3.28. The van der Waals surface area contributed by atoms with E-state index in [0.717, 1.165) is 22.5 Å². The number of rotatable bonds is 5. The van der Waals surface area contributed by atoms with Gasteiger partial charge in [-0.15, -0.1) is 0 Å². The van der Waals surface area contributed by atoms with E-state index in [1.54, 1.807) is 4.52 Å². The van der Waals surface area contributed by atoms with Gasteiger partial charge < -0.3 is 5.32 Å². The first-order valence-corrected chi connectivity index (χ1v) is 9.47. The number of nitrogens with one attached hydrogen (secondary N) is 1. The smallest absolute Gasteiger partial charge is 0.252 e. The summed E-state index contributed by atoms with van der Waals surface area (Å²) in [5.74, 6) is 0.616. The lowest BCUT2D eigenvalue weighted by Crippen LogP contribution is -2.27. The SMILES string of the molecule is Cc1nc2ncnn2c(C)c1CCC(=O)NC(C)c1cccc2ccccc12. The van der Waals surface area contributed by atoms with Gasteiger partial charge in [-0.3, -0.25) is 4.79 Å². The molecule has 0 bridgehead atoms. The zero-order valence-electron chi connectivity index (χ0n) is 16.3. The van der Waals surface area contributed by atoms with E-state index in [9.17, 15) is 4.79 Å². The van der Waals surface area contributed by atoms with E-state index in [4.69, 9.17) is 0 Å². The minimum Gasteiger partial charge on any atom is -0.350 e. The summed E-state index contributed by atoms with van der Waals surface area (Å²) in [4.78, 5) is 21.2. The Labute approximate surface area is 163 Å². The third-order valence-electron chi connectivity index (χ3n) is 5.26. The Kier molecular flexibility index (Phi) is 4.77. The van der Waals surface area contributed by atoms with E-state index in [2.05, 4.69) is 44.6 Å². The molecular formula is C22H23N5O. The summed E-state index contributed by atoms with van der Waals surface area (Å²) in [5, 5.41) is 9.69. The molecule has 0 spiro atoms. The number of carbonyl (C=O) groups is 1. The van der Waals surface area contributed by atoms with Crippen LogP contribution in [0.15, 0.2) is 48.8 Å². The summed E-state index contributed by atoms with van der Waals surface area (Å²) in [7, 11) is 0. The van der Waals surface area contributed by atoms with Crippen LogP contribution in [-0.4, -0.2) is 25.5 Å². The average molecular weight is 373 g/mol. The van der Waals surface area contributed by atoms with Crippen LogP contribution in [0.4, 0.5) is 0 Å². The molecule has 0 aliphatic rings. The van der Waals surface area contributed by atoms with Gasteiger partial charge in [-0.1, -0.05) is 42.5 Å². The molecule has 4 aromatic rings. The van der Waals surface area contributed by atoms with Gasteiger partial charge in [-0.2, -0.15) is 10.1 Å². The van der Waals surface area contributed by atoms with Crippen LogP contribution >= 0.6 is 0 Å². The molecule has 2 heterocycles. The summed E-state index contributed by atoms with van der Waals surface area (Å²) < 4.78 is 1.72. The van der Waals surface area contributed by atoms with Crippen LogP contribution in [0.2, 0.25) is 0 Å². The maximum Gasteiger partial charge on any atom is 0.252 e. The number of hydrogen-bond acceptors (Lipinski definition) is 4. The maximum atomic E-state index is 12.6. The van der Waals surface area contributed by atoms with Gasteiger partial charge >= 0.3 is 0 Å². The van der Waals surface area contributed by atoms with Crippen LogP contribution in [0, 0.1) is 13.8 Å². The van der Waals surface area contributed by atoms with Gasteiger partial charge in [0.2, 0.25) is 5.91 Å². The van der Waals surface area contributed by atoms with Crippen molar-refractivity contribution < 1.29 is 4.79 Å². The third kappa shape index (κ3) is 3.33. The summed E-state index contributed by atoms with van der Waals surface area (Å²) in [6.07, 6.45) is 2.52. The van der Waals surface area contributed by atoms with Gasteiger partial charge in [-0.25, -0.2) is 9.50 Å². The second kappa shape index (κ2) is 7.38. The standard InChI is InChI=1S/C22H23N5O/c1-14-18(16(3)27-22(26-14)23-13-24-27)11-12-21(28)25-15(2)19-10-6-8-17-7-4-5-9-20(17)19/h4-10,13,15H,11-12H2,1-3H3,(H,25,28). The lowest BCUT2D eigenvalue weighted by Gasteiger charge is -2.17. The number of carbonyl (C=O) groups excluding carboxylic acids is 1. The van der Waals surface area contributed by atoms with Crippen molar-refractivity contribution in [3.8, 4) is 0 Å². The molecule has 6 nitrogen and oxygen atoms in total. The van der Waals surface area contributed by atoms with Crippen molar-refractivity contribution in [3.63, 3.8) is 0 Å². The van der Waals surface area contributed by atoms with E-state index >= 15 is 0 Å². The fraction of sp³-hybridized carbons (Fsp3) is 0.273. The Morgan fingerprint density at radius 2 is 1.93 bits per heavy atom. The van der Waals surface area contributed by atoms with Crippen molar-refractivity contribution in [1.29, 1.82) is 0 Å². The fourth-order valence-corrected chi connectivity index (χ4v) is 3.78. The zero-order chi connectivity index (χ0) is 19.7. The molecule has 1 atom stereocenters. The average Bonchev–Trinajstić information content (AvgIpc) is 3.15. The van der Waals surface area contributed by atoms with E-state index in [-0.39, 0.29) is 11.9 Å². The highest BCUT2D eigenvalue weighted by atomic mass is 16.1. The largest absolute Gasteiger partial charge is 0.350 e. The van der Waals surface area contributed by atoms with E-state index in [0.29, 0.717) is 18.6 Å². The fourth-order valence-electron chi connectivity index (χ4n) is 3.78. The minimum atomic E-state index is -0.0586. The summed E-state index contributed by atoms with van der Waals surface area (Å²) >= 11 is 0. The van der Waals surface area contributed by atoms with E-state index < -0.39 is 0 Å². The molecule has 0 fully saturated rings. The number of hydrogen-bond donors (Lipinski definition) is 1. The number of fused-ring (bicyclic) bond motifs is 2. The van der Waals surface area contributed by atoms with Crippen molar-refractivity contribution in [2.75, 3.05) is 0 Å². The molecule has 0 radical (unpaired) electrons. The lowest BCUT2D eigenvalue weighted by molar-refractivity contribution is -0.121. The topological polar surface area (TPSA) is 72.2 Å². The normalized spacial score (nSPS) is 12.4. The first-order chi connectivity index (χ1) is 13.5. The zero-order valence-corrected chi connectivity index (χ0v) is 16.3. The van der Waals surface area contributed by atoms with Crippen LogP contribution in [-0.2, 0) is 11.2 Å². The first kappa shape index (κ1) is 18.1. The van der Waals surface area contributed by atoms with Crippen molar-refractivity contribution in [2.45, 2.75) is 39.7 Å². The summed E-state index contributed by atoms with van der Waals surface area (Å²) in [5.41, 5.74) is 4.05. The molecule has 2 aromatic heterocycles. The maximum absolute atomic E-state index is 12.6. The van der Waals surface area contributed by atoms with E-state index in [1.165, 1.54) is 17.1 Å². The molecule has 0 aliphatic heterocycles. The molecule has 2 aromatic carbocycles. The quantitative estimate of drug-likeness (QED) is 0.579. The van der Waals surface area contributed by atoms with Crippen LogP contribution < -0.4 is 5.32 Å². The number of benzene rings is 2. The molecule has 1 N–H and O–H groups in total. The van der Waals surface area contributed by atoms with Gasteiger partial charge in [-0.05, 0) is 49.1 Å². The van der Waals surface area contributed by atoms with Crippen LogP contribution in [0.5, 0.6) is 0 Å². The first-order valence-electron chi connectivity index (χ1n) is 9.47. The number of aromatic nitrogens is 4. The second-order valence-corrected chi connectivity index (χ2v) is 7.09. The Morgan fingerprint density at radius 1 is 1.14 bits per heavy atom. The van der Waals surface area contributed by atoms with Gasteiger partial charge in [0.05, 0.1) is 6.04 Å². The van der Waals surface area contributed by atoms with Gasteiger partial charge in [0.15, 0.2) is 0 Å². The number of amides is 1. The predicted molar refractivity (Wildman–Crippen MR) is 109 cm³/mol. The van der Waals surface area contributed by atoms with Gasteiger partial charge in [0, 0.05) is 17.8 Å². The molecule has 0 aliphatic carbocycles. The Bertz CT molecular complexity index is 1160. The Morgan fingerprint density at radius 3 is 2.79 bits per heavy atom. The van der Waals surface area contributed by atoms with E-state index in [1.807, 2.05) is 39.0 Å². The van der Waals surface area contributed by atoms with Crippen LogP contribution in [0.25, 0.3) is 16.6 Å². The van der Waals surface area contributed by atoms with Crippen LogP contribution in [0.3, 0.4) is 0 Å². The molecule has 28 heavy (non-hydrogen) atoms. The lowest BCUT2D eigenvalue weighted by atomic mass is 9.99. The Balaban J connectivity index is 1.47. The van der Waals surface area contributed by atoms with Crippen molar-refractivity contribution >= 4 is 22.5 Å². The molecule has 1 amide bonds. The van der Waals surface area contributed by atoms with Gasteiger partial charge in [0.1, 0.15) is 6.33 Å². The number of aryl methyl sites for hydroxylation is 2. The summed E-state index contributed by atoms with van der Waals surface area (Å²) in [6, 6.07) is 14.4. The highest BCUT2D eigenvalue weighted by Gasteiger charge is 2.15. The second-order valence-electron chi connectivity index (χ2n) is 7.09. The van der Waals surface area contributed by atoms with Crippen LogP contribution in [0.1, 0.15) is 41.9 Å². The molecule has 0 saturated carbocycles. The highest BCUT2D eigenvalue weighted by molar-refractivity contribution is 5.87. The molecule has 142 valence electrons. The molecule has 1 unspecified atom stereocenters. The summed E-state index contributed by atoms with van der Waals surface area (Å²) in [6.45, 7) is 5.97. The number of nitrogens with zero attached hydrogens (tertiary/aromatic N) is 4. The molecule has 0 saturated heterocycles. The van der Waals surface area contributed by atoms with Gasteiger partial charge in [0.25, 0.3) is 5.78 Å². The third-order valence-corrected chi connectivity index (χ3v) is 5.26. The molecule has 4 rings (SSSR count). The molecule has 6 heteroatoms. The van der Waals surface area contributed by atoms with Crippen molar-refractivity contribution in [1.82, 2.24) is 24.9 Å². The molecular weight excluding hydrogens is 350 g/mol. The monoisotopic (exact) mass is 373 g/mol.